The van der Waals surface area contributed by atoms with Crippen molar-refractivity contribution in [3.63, 3.8) is 0 Å². The molecule has 0 radical (unpaired) electrons. The lowest BCUT2D eigenvalue weighted by Gasteiger charge is -2.18. The van der Waals surface area contributed by atoms with Crippen molar-refractivity contribution < 1.29 is 18.8 Å². The molecule has 1 rings (SSSR count). The minimum absolute atomic E-state index is 0.207. The number of nitrogens with zero attached hydrogens (tertiary/aromatic N) is 2. The van der Waals surface area contributed by atoms with Crippen molar-refractivity contribution in [2.45, 2.75) is 0 Å². The quantitative estimate of drug-likeness (QED) is 0.405. The number of aliphatic carboxylic acids is 1. The summed E-state index contributed by atoms with van der Waals surface area (Å²) in [7, 11) is 0. The maximum absolute atomic E-state index is 12.4. The van der Waals surface area contributed by atoms with Gasteiger partial charge in [0, 0.05) is 11.4 Å². The van der Waals surface area contributed by atoms with Gasteiger partial charge in [-0.25, -0.2) is 5.43 Å². The molecule has 3 N–H and O–H groups in total. The fourth-order valence-electron chi connectivity index (χ4n) is 0.641. The van der Waals surface area contributed by atoms with Gasteiger partial charge in [0.05, 0.1) is 0 Å². The minimum Gasteiger partial charge on any atom is -0.480 e. The molecule has 0 atom stereocenters. The van der Waals surface area contributed by atoms with Gasteiger partial charge in [-0.2, -0.15) is 4.39 Å². The predicted molar refractivity (Wildman–Crippen MR) is 38.3 cm³/mol. The summed E-state index contributed by atoms with van der Waals surface area (Å²) in [5.74, 6) is -2.36. The van der Waals surface area contributed by atoms with Crippen molar-refractivity contribution >= 4 is 11.8 Å². The Labute approximate surface area is 71.4 Å². The molecule has 1 aliphatic heterocycles. The third kappa shape index (κ3) is 3.03. The topological polar surface area (TPSA) is 77.0 Å². The van der Waals surface area contributed by atoms with Crippen LogP contribution in [0.5, 0.6) is 0 Å². The second kappa shape index (κ2) is 3.81. The Bertz CT molecular complexity index is 278. The van der Waals surface area contributed by atoms with Crippen molar-refractivity contribution in [2.75, 3.05) is 6.54 Å². The van der Waals surface area contributed by atoms with Gasteiger partial charge in [-0.3, -0.25) is 15.2 Å². The number of hydrazine groups is 2. The second-order valence-electron chi connectivity index (χ2n) is 2.09. The average molecular weight is 192 g/mol. The standard InChI is InChI=1S/C5H6F2N4O2/c6-3-1-4(8-2-5(12)13)10-11(7)9-3/h1,9H,2H2,(H,8,10)(H,12,13). The molecule has 0 spiro atoms. The number of carboxylic acids is 1. The first-order chi connectivity index (χ1) is 6.08. The number of aliphatic imine (C=N–C) groups is 1. The van der Waals surface area contributed by atoms with Crippen LogP contribution in [-0.4, -0.2) is 28.8 Å². The zero-order valence-electron chi connectivity index (χ0n) is 6.29. The third-order valence-electron chi connectivity index (χ3n) is 1.07. The van der Waals surface area contributed by atoms with Crippen molar-refractivity contribution in [1.29, 1.82) is 0 Å². The highest BCUT2D eigenvalue weighted by Gasteiger charge is 2.13. The number of amidine groups is 1. The van der Waals surface area contributed by atoms with Crippen molar-refractivity contribution in [2.24, 2.45) is 4.99 Å². The number of hydrogen-bond donors (Lipinski definition) is 3. The van der Waals surface area contributed by atoms with E-state index in [1.807, 2.05) is 5.43 Å². The van der Waals surface area contributed by atoms with E-state index in [4.69, 9.17) is 5.11 Å². The lowest BCUT2D eigenvalue weighted by Crippen LogP contribution is -2.47. The second-order valence-corrected chi connectivity index (χ2v) is 2.09. The van der Waals surface area contributed by atoms with Crippen LogP contribution in [0.1, 0.15) is 0 Å². The molecule has 0 saturated carbocycles. The Kier molecular flexibility index (Phi) is 2.75. The van der Waals surface area contributed by atoms with Crippen LogP contribution in [0.4, 0.5) is 8.87 Å². The molecule has 0 fully saturated rings. The molecule has 1 aliphatic rings. The van der Waals surface area contributed by atoms with Gasteiger partial charge in [-0.1, -0.05) is 4.48 Å². The van der Waals surface area contributed by atoms with Crippen LogP contribution in [-0.2, 0) is 4.79 Å². The number of hydrogen-bond acceptors (Lipinski definition) is 4. The van der Waals surface area contributed by atoms with Crippen molar-refractivity contribution in [3.8, 4) is 0 Å². The van der Waals surface area contributed by atoms with E-state index in [1.54, 1.807) is 5.43 Å². The highest BCUT2D eigenvalue weighted by molar-refractivity contribution is 5.94. The van der Waals surface area contributed by atoms with E-state index < -0.39 is 18.5 Å². The van der Waals surface area contributed by atoms with Gasteiger partial charge < -0.3 is 5.11 Å². The fraction of sp³-hybridized carbons (Fsp3) is 0.200. The molecule has 0 aromatic heterocycles. The molecule has 0 aliphatic carbocycles. The number of rotatable bonds is 2. The van der Waals surface area contributed by atoms with E-state index in [9.17, 15) is 13.7 Å². The van der Waals surface area contributed by atoms with E-state index in [0.717, 1.165) is 6.08 Å². The van der Waals surface area contributed by atoms with Gasteiger partial charge in [0.25, 0.3) is 0 Å². The zero-order chi connectivity index (χ0) is 9.84. The summed E-state index contributed by atoms with van der Waals surface area (Å²) in [5.41, 5.74) is 3.55. The van der Waals surface area contributed by atoms with Gasteiger partial charge in [0.1, 0.15) is 12.4 Å². The maximum atomic E-state index is 12.4. The van der Waals surface area contributed by atoms with Crippen LogP contribution in [0.15, 0.2) is 17.0 Å². The molecule has 0 amide bonds. The summed E-state index contributed by atoms with van der Waals surface area (Å²) in [4.78, 5) is 13.4. The third-order valence-corrected chi connectivity index (χ3v) is 1.07. The molecule has 0 unspecified atom stereocenters. The summed E-state index contributed by atoms with van der Waals surface area (Å²) < 4.78 is 24.7. The summed E-state index contributed by atoms with van der Waals surface area (Å²) in [6, 6.07) is 0. The zero-order valence-corrected chi connectivity index (χ0v) is 6.29. The Balaban J connectivity index is 2.64. The highest BCUT2D eigenvalue weighted by Crippen LogP contribution is 1.99. The Morgan fingerprint density at radius 1 is 1.69 bits per heavy atom. The van der Waals surface area contributed by atoms with E-state index in [2.05, 4.69) is 4.99 Å². The molecule has 0 aromatic carbocycles. The first-order valence-electron chi connectivity index (χ1n) is 3.20. The molecule has 0 saturated heterocycles. The highest BCUT2D eigenvalue weighted by atomic mass is 19.2. The van der Waals surface area contributed by atoms with Crippen LogP contribution in [0.25, 0.3) is 0 Å². The van der Waals surface area contributed by atoms with E-state index in [1.165, 1.54) is 0 Å². The summed E-state index contributed by atoms with van der Waals surface area (Å²) in [6.07, 6.45) is 0.832. The normalized spacial score (nSPS) is 20.5. The first-order valence-corrected chi connectivity index (χ1v) is 3.20. The molecule has 13 heavy (non-hydrogen) atoms. The van der Waals surface area contributed by atoms with Crippen LogP contribution in [0, 0.1) is 0 Å². The number of carbonyl (C=O) groups is 1. The average Bonchev–Trinajstić information content (AvgIpc) is 1.99. The Morgan fingerprint density at radius 2 is 2.38 bits per heavy atom. The van der Waals surface area contributed by atoms with Crippen LogP contribution < -0.4 is 10.9 Å². The SMILES string of the molecule is O=C(O)CN=C1C=C(F)NN(F)N1. The summed E-state index contributed by atoms with van der Waals surface area (Å²) >= 11 is 0. The van der Waals surface area contributed by atoms with Crippen LogP contribution >= 0.6 is 0 Å². The van der Waals surface area contributed by atoms with E-state index in [0.29, 0.717) is 0 Å². The largest absolute Gasteiger partial charge is 0.480 e. The molecule has 0 aromatic rings. The number of carboxylic acid groups (broad SMARTS) is 1. The minimum atomic E-state index is -1.19. The molecule has 8 heteroatoms. The summed E-state index contributed by atoms with van der Waals surface area (Å²) in [6.45, 7) is -0.556. The molecule has 72 valence electrons. The number of nitrogens with one attached hydrogen (secondary N) is 2. The Morgan fingerprint density at radius 3 is 2.92 bits per heavy atom. The van der Waals surface area contributed by atoms with Gasteiger partial charge >= 0.3 is 5.97 Å². The molecule has 0 bridgehead atoms. The lowest BCUT2D eigenvalue weighted by atomic mass is 10.5. The molecular formula is C5H6F2N4O2. The van der Waals surface area contributed by atoms with Crippen molar-refractivity contribution in [3.05, 3.63) is 12.0 Å². The predicted octanol–water partition coefficient (Wildman–Crippen LogP) is -0.510. The lowest BCUT2D eigenvalue weighted by molar-refractivity contribution is -0.135. The van der Waals surface area contributed by atoms with Gasteiger partial charge in [-0.15, -0.1) is 0 Å². The van der Waals surface area contributed by atoms with E-state index in [-0.39, 0.29) is 11.2 Å². The Hall–Kier alpha value is -1.70. The monoisotopic (exact) mass is 192 g/mol. The first kappa shape index (κ1) is 9.39. The molecule has 1 heterocycles. The van der Waals surface area contributed by atoms with E-state index >= 15 is 0 Å². The molecular weight excluding hydrogens is 186 g/mol. The van der Waals surface area contributed by atoms with Crippen LogP contribution in [0.3, 0.4) is 0 Å². The summed E-state index contributed by atoms with van der Waals surface area (Å²) in [5, 5.41) is 7.94. The van der Waals surface area contributed by atoms with Crippen LogP contribution in [0.2, 0.25) is 0 Å². The van der Waals surface area contributed by atoms with Crippen molar-refractivity contribution in [1.82, 2.24) is 16.2 Å². The smallest absolute Gasteiger partial charge is 0.325 e. The van der Waals surface area contributed by atoms with Gasteiger partial charge in [0.15, 0.2) is 0 Å². The van der Waals surface area contributed by atoms with Gasteiger partial charge in [-0.05, 0) is 0 Å². The fourth-order valence-corrected chi connectivity index (χ4v) is 0.641. The maximum Gasteiger partial charge on any atom is 0.325 e. The van der Waals surface area contributed by atoms with Gasteiger partial charge in [0.2, 0.25) is 5.95 Å². The molecule has 6 nitrogen and oxygen atoms in total. The number of halogens is 2.